The maximum Gasteiger partial charge on any atom is 0.411 e. The Balaban J connectivity index is 2.78. The molecule has 1 aliphatic heterocycles. The maximum atomic E-state index is 12.8. The molecule has 0 aliphatic carbocycles. The van der Waals surface area contributed by atoms with Gasteiger partial charge in [0.25, 0.3) is 0 Å². The summed E-state index contributed by atoms with van der Waals surface area (Å²) in [4.78, 5) is 39.6. The fourth-order valence-corrected chi connectivity index (χ4v) is 3.04. The maximum absolute atomic E-state index is 12.8. The largest absolute Gasteiger partial charge is 0.479 e. The van der Waals surface area contributed by atoms with Gasteiger partial charge in [-0.05, 0) is 38.0 Å². The van der Waals surface area contributed by atoms with Crippen molar-refractivity contribution < 1.29 is 24.2 Å². The molecular weight excluding hydrogens is 324 g/mol. The zero-order valence-corrected chi connectivity index (χ0v) is 15.9. The Morgan fingerprint density at radius 3 is 2.24 bits per heavy atom. The topological polar surface area (TPSA) is 87.2 Å². The molecule has 7 heteroatoms. The molecule has 1 rings (SSSR count). The molecule has 25 heavy (non-hydrogen) atoms. The minimum Gasteiger partial charge on any atom is -0.479 e. The predicted molar refractivity (Wildman–Crippen MR) is 94.2 cm³/mol. The number of aliphatic carboxylic acids is 1. The highest BCUT2D eigenvalue weighted by Gasteiger charge is 2.33. The van der Waals surface area contributed by atoms with Gasteiger partial charge in [-0.2, -0.15) is 0 Å². The van der Waals surface area contributed by atoms with Gasteiger partial charge in [0.05, 0.1) is 0 Å². The van der Waals surface area contributed by atoms with E-state index >= 15 is 0 Å². The first-order valence-corrected chi connectivity index (χ1v) is 9.22. The van der Waals surface area contributed by atoms with Gasteiger partial charge >= 0.3 is 12.1 Å². The molecule has 0 aromatic rings. The van der Waals surface area contributed by atoms with E-state index < -0.39 is 24.2 Å². The van der Waals surface area contributed by atoms with Crippen LogP contribution < -0.4 is 0 Å². The molecule has 0 spiro atoms. The van der Waals surface area contributed by atoms with Crippen LogP contribution in [0.3, 0.4) is 0 Å². The number of amides is 2. The standard InChI is InChI=1S/C18H32N2O5/c1-5-9-14(16(21)20-10-7-6-8-11-20)19(4)18(24)25-15(17(22)23)12-13(2)3/h13-15H,5-12H2,1-4H3,(H,22,23)/t14?,15-/m0/s1. The molecule has 0 bridgehead atoms. The Labute approximate surface area is 150 Å². The lowest BCUT2D eigenvalue weighted by molar-refractivity contribution is -0.148. The predicted octanol–water partition coefficient (Wildman–Crippen LogP) is 2.74. The van der Waals surface area contributed by atoms with Gasteiger partial charge in [0, 0.05) is 20.1 Å². The van der Waals surface area contributed by atoms with E-state index in [-0.39, 0.29) is 18.2 Å². The number of rotatable bonds is 8. The van der Waals surface area contributed by atoms with Crippen molar-refractivity contribution in [3.05, 3.63) is 0 Å². The number of hydrogen-bond acceptors (Lipinski definition) is 4. The first-order chi connectivity index (χ1) is 11.8. The number of carbonyl (C=O) groups is 3. The van der Waals surface area contributed by atoms with E-state index in [0.29, 0.717) is 19.5 Å². The van der Waals surface area contributed by atoms with Crippen molar-refractivity contribution in [1.82, 2.24) is 9.80 Å². The number of carbonyl (C=O) groups excluding carboxylic acids is 2. The number of hydrogen-bond donors (Lipinski definition) is 1. The first-order valence-electron chi connectivity index (χ1n) is 9.22. The Morgan fingerprint density at radius 1 is 1.16 bits per heavy atom. The second-order valence-electron chi connectivity index (χ2n) is 7.14. The van der Waals surface area contributed by atoms with Crippen molar-refractivity contribution >= 4 is 18.0 Å². The quantitative estimate of drug-likeness (QED) is 0.722. The van der Waals surface area contributed by atoms with Gasteiger partial charge in [-0.25, -0.2) is 9.59 Å². The lowest BCUT2D eigenvalue weighted by Crippen LogP contribution is -2.51. The van der Waals surface area contributed by atoms with E-state index in [1.165, 1.54) is 11.9 Å². The van der Waals surface area contributed by atoms with Crippen LogP contribution in [-0.2, 0) is 14.3 Å². The summed E-state index contributed by atoms with van der Waals surface area (Å²) < 4.78 is 5.17. The SMILES string of the molecule is CCCC(C(=O)N1CCCCC1)N(C)C(=O)O[C@@H](CC(C)C)C(=O)O. The summed E-state index contributed by atoms with van der Waals surface area (Å²) in [5, 5.41) is 9.24. The van der Waals surface area contributed by atoms with Gasteiger partial charge in [-0.1, -0.05) is 27.2 Å². The van der Waals surface area contributed by atoms with Crippen molar-refractivity contribution in [3.8, 4) is 0 Å². The van der Waals surface area contributed by atoms with E-state index in [0.717, 1.165) is 25.7 Å². The van der Waals surface area contributed by atoms with Crippen molar-refractivity contribution in [2.75, 3.05) is 20.1 Å². The molecule has 1 N–H and O–H groups in total. The molecule has 2 amide bonds. The number of carboxylic acid groups (broad SMARTS) is 1. The Bertz CT molecular complexity index is 460. The lowest BCUT2D eigenvalue weighted by Gasteiger charge is -2.34. The molecule has 144 valence electrons. The molecule has 1 fully saturated rings. The Hall–Kier alpha value is -1.79. The van der Waals surface area contributed by atoms with E-state index in [2.05, 4.69) is 0 Å². The molecular formula is C18H32N2O5. The summed E-state index contributed by atoms with van der Waals surface area (Å²) >= 11 is 0. The lowest BCUT2D eigenvalue weighted by atomic mass is 10.1. The zero-order valence-electron chi connectivity index (χ0n) is 15.9. The number of nitrogens with zero attached hydrogens (tertiary/aromatic N) is 2. The average molecular weight is 356 g/mol. The Morgan fingerprint density at radius 2 is 1.76 bits per heavy atom. The van der Waals surface area contributed by atoms with Gasteiger partial charge in [0.1, 0.15) is 6.04 Å². The van der Waals surface area contributed by atoms with Crippen LogP contribution >= 0.6 is 0 Å². The van der Waals surface area contributed by atoms with Crippen molar-refractivity contribution in [1.29, 1.82) is 0 Å². The number of piperidine rings is 1. The number of carboxylic acids is 1. The van der Waals surface area contributed by atoms with Crippen molar-refractivity contribution in [2.24, 2.45) is 5.92 Å². The molecule has 1 saturated heterocycles. The summed E-state index contributed by atoms with van der Waals surface area (Å²) in [5.41, 5.74) is 0. The van der Waals surface area contributed by atoms with Crippen LogP contribution in [0.5, 0.6) is 0 Å². The molecule has 0 saturated carbocycles. The second-order valence-corrected chi connectivity index (χ2v) is 7.14. The van der Waals surface area contributed by atoms with Crippen LogP contribution in [0, 0.1) is 5.92 Å². The first kappa shape index (κ1) is 21.3. The smallest absolute Gasteiger partial charge is 0.411 e. The third kappa shape index (κ3) is 6.55. The fourth-order valence-electron chi connectivity index (χ4n) is 3.04. The van der Waals surface area contributed by atoms with Gasteiger partial charge in [0.2, 0.25) is 12.0 Å². The highest BCUT2D eigenvalue weighted by Crippen LogP contribution is 2.17. The monoisotopic (exact) mass is 356 g/mol. The molecule has 0 aromatic heterocycles. The van der Waals surface area contributed by atoms with E-state index in [4.69, 9.17) is 4.74 Å². The third-order valence-corrected chi connectivity index (χ3v) is 4.47. The van der Waals surface area contributed by atoms with Gasteiger partial charge in [-0.3, -0.25) is 9.69 Å². The van der Waals surface area contributed by atoms with Crippen LogP contribution in [0.25, 0.3) is 0 Å². The highest BCUT2D eigenvalue weighted by atomic mass is 16.6. The summed E-state index contributed by atoms with van der Waals surface area (Å²) in [5.74, 6) is -1.15. The van der Waals surface area contributed by atoms with E-state index in [1.807, 2.05) is 20.8 Å². The van der Waals surface area contributed by atoms with Gasteiger partial charge in [-0.15, -0.1) is 0 Å². The van der Waals surface area contributed by atoms with Gasteiger partial charge in [0.15, 0.2) is 0 Å². The molecule has 0 aromatic carbocycles. The molecule has 2 atom stereocenters. The normalized spacial score (nSPS) is 17.1. The zero-order chi connectivity index (χ0) is 19.0. The van der Waals surface area contributed by atoms with E-state index in [9.17, 15) is 19.5 Å². The molecule has 1 aliphatic rings. The van der Waals surface area contributed by atoms with Crippen LogP contribution in [0.1, 0.15) is 59.3 Å². The van der Waals surface area contributed by atoms with Crippen molar-refractivity contribution in [3.63, 3.8) is 0 Å². The average Bonchev–Trinajstić information content (AvgIpc) is 2.58. The minimum absolute atomic E-state index is 0.0725. The third-order valence-electron chi connectivity index (χ3n) is 4.47. The van der Waals surface area contributed by atoms with Crippen LogP contribution in [0.15, 0.2) is 0 Å². The van der Waals surface area contributed by atoms with Crippen LogP contribution in [-0.4, -0.2) is 65.2 Å². The number of likely N-dealkylation sites (N-methyl/N-ethyl adjacent to an activating group) is 1. The molecule has 0 radical (unpaired) electrons. The van der Waals surface area contributed by atoms with Crippen LogP contribution in [0.2, 0.25) is 0 Å². The van der Waals surface area contributed by atoms with Crippen molar-refractivity contribution in [2.45, 2.75) is 71.4 Å². The summed E-state index contributed by atoms with van der Waals surface area (Å²) in [7, 11) is 1.51. The Kier molecular flexibility index (Phi) is 8.72. The molecule has 7 nitrogen and oxygen atoms in total. The fraction of sp³-hybridized carbons (Fsp3) is 0.833. The number of ether oxygens (including phenoxy) is 1. The van der Waals surface area contributed by atoms with Gasteiger partial charge < -0.3 is 14.7 Å². The molecule has 1 heterocycles. The summed E-state index contributed by atoms with van der Waals surface area (Å²) in [6, 6.07) is -0.607. The highest BCUT2D eigenvalue weighted by molar-refractivity contribution is 5.86. The minimum atomic E-state index is -1.19. The molecule has 1 unspecified atom stereocenters. The second kappa shape index (κ2) is 10.3. The van der Waals surface area contributed by atoms with Crippen LogP contribution in [0.4, 0.5) is 4.79 Å². The van der Waals surface area contributed by atoms with E-state index in [1.54, 1.807) is 4.90 Å². The summed E-state index contributed by atoms with van der Waals surface area (Å²) in [6.45, 7) is 7.12. The number of likely N-dealkylation sites (tertiary alicyclic amines) is 1. The summed E-state index contributed by atoms with van der Waals surface area (Å²) in [6.07, 6.45) is 2.66.